The van der Waals surface area contributed by atoms with Gasteiger partial charge < -0.3 is 5.32 Å². The van der Waals surface area contributed by atoms with Crippen LogP contribution in [0, 0.1) is 6.92 Å². The van der Waals surface area contributed by atoms with Crippen LogP contribution in [0.5, 0.6) is 0 Å². The zero-order valence-electron chi connectivity index (χ0n) is 13.2. The van der Waals surface area contributed by atoms with Gasteiger partial charge in [0.1, 0.15) is 0 Å². The molecular formula is C16H29N3. The number of unbranched alkanes of at least 4 members (excludes halogenated alkanes) is 1. The van der Waals surface area contributed by atoms with Crippen LogP contribution in [-0.4, -0.2) is 16.0 Å². The van der Waals surface area contributed by atoms with E-state index < -0.39 is 0 Å². The number of hydrogen-bond acceptors (Lipinski definition) is 3. The van der Waals surface area contributed by atoms with Crippen molar-refractivity contribution >= 4 is 5.95 Å². The third-order valence-electron chi connectivity index (χ3n) is 3.34. The summed E-state index contributed by atoms with van der Waals surface area (Å²) < 4.78 is 0. The maximum Gasteiger partial charge on any atom is 0.223 e. The predicted octanol–water partition coefficient (Wildman–Crippen LogP) is 4.68. The minimum atomic E-state index is 0.447. The summed E-state index contributed by atoms with van der Waals surface area (Å²) in [6.07, 6.45) is 6.10. The van der Waals surface area contributed by atoms with E-state index in [-0.39, 0.29) is 0 Å². The Morgan fingerprint density at radius 2 is 1.84 bits per heavy atom. The summed E-state index contributed by atoms with van der Waals surface area (Å²) in [7, 11) is 0. The number of anilines is 1. The Bertz CT molecular complexity index is 374. The fourth-order valence-corrected chi connectivity index (χ4v) is 2.22. The molecule has 3 heteroatoms. The van der Waals surface area contributed by atoms with Gasteiger partial charge in [0.2, 0.25) is 5.95 Å². The lowest BCUT2D eigenvalue weighted by molar-refractivity contribution is 0.560. The maximum absolute atomic E-state index is 4.64. The molecule has 1 aromatic rings. The van der Waals surface area contributed by atoms with Crippen LogP contribution in [-0.2, 0) is 0 Å². The van der Waals surface area contributed by atoms with Gasteiger partial charge in [-0.15, -0.1) is 0 Å². The smallest absolute Gasteiger partial charge is 0.223 e. The highest BCUT2D eigenvalue weighted by Crippen LogP contribution is 2.17. The second-order valence-corrected chi connectivity index (χ2v) is 5.68. The molecule has 0 radical (unpaired) electrons. The largest absolute Gasteiger partial charge is 0.351 e. The maximum atomic E-state index is 4.64. The Balaban J connectivity index is 2.77. The Morgan fingerprint density at radius 1 is 1.11 bits per heavy atom. The van der Waals surface area contributed by atoms with Crippen molar-refractivity contribution in [3.8, 4) is 0 Å². The van der Waals surface area contributed by atoms with E-state index in [1.807, 2.05) is 6.92 Å². The van der Waals surface area contributed by atoms with Gasteiger partial charge in [0, 0.05) is 17.4 Å². The van der Waals surface area contributed by atoms with E-state index in [2.05, 4.69) is 49.0 Å². The molecule has 0 spiro atoms. The number of aryl methyl sites for hydroxylation is 1. The van der Waals surface area contributed by atoms with Crippen LogP contribution in [0.1, 0.15) is 77.1 Å². The van der Waals surface area contributed by atoms with Crippen LogP contribution in [0.25, 0.3) is 0 Å². The van der Waals surface area contributed by atoms with Gasteiger partial charge in [0.25, 0.3) is 0 Å². The summed E-state index contributed by atoms with van der Waals surface area (Å²) in [5, 5.41) is 3.53. The molecule has 3 nitrogen and oxygen atoms in total. The third kappa shape index (κ3) is 5.58. The lowest BCUT2D eigenvalue weighted by Gasteiger charge is -2.19. The quantitative estimate of drug-likeness (QED) is 0.740. The Morgan fingerprint density at radius 3 is 2.42 bits per heavy atom. The van der Waals surface area contributed by atoms with E-state index in [4.69, 9.17) is 0 Å². The molecule has 0 aliphatic carbocycles. The summed E-state index contributed by atoms with van der Waals surface area (Å²) in [5.74, 6) is 1.25. The molecule has 1 N–H and O–H groups in total. The van der Waals surface area contributed by atoms with Gasteiger partial charge in [-0.3, -0.25) is 0 Å². The lowest BCUT2D eigenvalue weighted by Crippen LogP contribution is -2.21. The first-order valence-corrected chi connectivity index (χ1v) is 7.68. The van der Waals surface area contributed by atoms with Gasteiger partial charge in [-0.2, -0.15) is 0 Å². The fourth-order valence-electron chi connectivity index (χ4n) is 2.22. The van der Waals surface area contributed by atoms with Crippen molar-refractivity contribution in [2.75, 3.05) is 5.32 Å². The van der Waals surface area contributed by atoms with Crippen molar-refractivity contribution < 1.29 is 0 Å². The zero-order chi connectivity index (χ0) is 14.3. The minimum absolute atomic E-state index is 0.447. The molecule has 0 amide bonds. The van der Waals surface area contributed by atoms with E-state index in [0.29, 0.717) is 12.0 Å². The lowest BCUT2D eigenvalue weighted by atomic mass is 10.1. The molecule has 0 aliphatic rings. The second kappa shape index (κ2) is 8.13. The van der Waals surface area contributed by atoms with E-state index in [9.17, 15) is 0 Å². The molecule has 1 rings (SSSR count). The molecule has 1 atom stereocenters. The van der Waals surface area contributed by atoms with Crippen molar-refractivity contribution in [3.63, 3.8) is 0 Å². The molecule has 1 aromatic heterocycles. The van der Waals surface area contributed by atoms with Crippen LogP contribution in [0.15, 0.2) is 6.07 Å². The number of aromatic nitrogens is 2. The third-order valence-corrected chi connectivity index (χ3v) is 3.34. The SMILES string of the molecule is CCCCC(CCC)Nc1nc(C)cc(C(C)C)n1. The highest BCUT2D eigenvalue weighted by molar-refractivity contribution is 5.30. The highest BCUT2D eigenvalue weighted by Gasteiger charge is 2.11. The number of hydrogen-bond donors (Lipinski definition) is 1. The first-order chi connectivity index (χ1) is 9.06. The van der Waals surface area contributed by atoms with Crippen LogP contribution >= 0.6 is 0 Å². The highest BCUT2D eigenvalue weighted by atomic mass is 15.1. The second-order valence-electron chi connectivity index (χ2n) is 5.68. The van der Waals surface area contributed by atoms with E-state index in [1.165, 1.54) is 32.1 Å². The number of nitrogens with one attached hydrogen (secondary N) is 1. The molecule has 0 fully saturated rings. The zero-order valence-corrected chi connectivity index (χ0v) is 13.2. The van der Waals surface area contributed by atoms with Crippen LogP contribution in [0.2, 0.25) is 0 Å². The predicted molar refractivity (Wildman–Crippen MR) is 82.7 cm³/mol. The van der Waals surface area contributed by atoms with E-state index in [0.717, 1.165) is 17.3 Å². The van der Waals surface area contributed by atoms with Gasteiger partial charge >= 0.3 is 0 Å². The summed E-state index contributed by atoms with van der Waals surface area (Å²) >= 11 is 0. The number of rotatable bonds is 8. The summed E-state index contributed by atoms with van der Waals surface area (Å²) in [5.41, 5.74) is 2.17. The van der Waals surface area contributed by atoms with Crippen LogP contribution in [0.4, 0.5) is 5.95 Å². The first kappa shape index (κ1) is 15.9. The normalized spacial score (nSPS) is 12.7. The van der Waals surface area contributed by atoms with Gasteiger partial charge in [-0.05, 0) is 31.7 Å². The molecule has 0 aromatic carbocycles. The van der Waals surface area contributed by atoms with Gasteiger partial charge in [-0.25, -0.2) is 9.97 Å². The average Bonchev–Trinajstić information content (AvgIpc) is 2.35. The molecule has 0 bridgehead atoms. The van der Waals surface area contributed by atoms with Crippen molar-refractivity contribution in [2.45, 2.75) is 78.7 Å². The molecule has 1 heterocycles. The Hall–Kier alpha value is -1.12. The van der Waals surface area contributed by atoms with E-state index >= 15 is 0 Å². The van der Waals surface area contributed by atoms with Crippen molar-refractivity contribution in [1.29, 1.82) is 0 Å². The number of nitrogens with zero attached hydrogens (tertiary/aromatic N) is 2. The average molecular weight is 263 g/mol. The van der Waals surface area contributed by atoms with E-state index in [1.54, 1.807) is 0 Å². The monoisotopic (exact) mass is 263 g/mol. The molecule has 1 unspecified atom stereocenters. The molecule has 0 saturated heterocycles. The minimum Gasteiger partial charge on any atom is -0.351 e. The Kier molecular flexibility index (Phi) is 6.82. The summed E-state index contributed by atoms with van der Waals surface area (Å²) in [6, 6.07) is 2.59. The van der Waals surface area contributed by atoms with Crippen LogP contribution in [0.3, 0.4) is 0 Å². The molecule has 108 valence electrons. The molecule has 0 saturated carbocycles. The Labute approximate surface area is 118 Å². The standard InChI is InChI=1S/C16H29N3/c1-6-8-10-14(9-7-2)18-16-17-13(5)11-15(19-16)12(3)4/h11-12,14H,6-10H2,1-5H3,(H,17,18,19). The van der Waals surface area contributed by atoms with Crippen molar-refractivity contribution in [1.82, 2.24) is 9.97 Å². The summed E-state index contributed by atoms with van der Waals surface area (Å²) in [4.78, 5) is 9.17. The van der Waals surface area contributed by atoms with Gasteiger partial charge in [-0.1, -0.05) is 47.0 Å². The van der Waals surface area contributed by atoms with Crippen LogP contribution < -0.4 is 5.32 Å². The van der Waals surface area contributed by atoms with Crippen molar-refractivity contribution in [3.05, 3.63) is 17.5 Å². The van der Waals surface area contributed by atoms with Gasteiger partial charge in [0.05, 0.1) is 0 Å². The molecule has 19 heavy (non-hydrogen) atoms. The van der Waals surface area contributed by atoms with Gasteiger partial charge in [0.15, 0.2) is 0 Å². The fraction of sp³-hybridized carbons (Fsp3) is 0.750. The molecule has 0 aliphatic heterocycles. The van der Waals surface area contributed by atoms with Crippen molar-refractivity contribution in [2.24, 2.45) is 0 Å². The topological polar surface area (TPSA) is 37.8 Å². The molecular weight excluding hydrogens is 234 g/mol. The summed E-state index contributed by atoms with van der Waals surface area (Å²) in [6.45, 7) is 10.9. The first-order valence-electron chi connectivity index (χ1n) is 7.68.